The van der Waals surface area contributed by atoms with Crippen LogP contribution in [-0.2, 0) is 24.8 Å². The summed E-state index contributed by atoms with van der Waals surface area (Å²) in [7, 11) is 2.65. The second-order valence-electron chi connectivity index (χ2n) is 8.47. The van der Waals surface area contributed by atoms with E-state index < -0.39 is 29.9 Å². The summed E-state index contributed by atoms with van der Waals surface area (Å²) in [6.07, 6.45) is 5.17. The van der Waals surface area contributed by atoms with Crippen molar-refractivity contribution in [2.75, 3.05) is 34.0 Å². The van der Waals surface area contributed by atoms with Crippen molar-refractivity contribution in [2.24, 2.45) is 5.16 Å². The van der Waals surface area contributed by atoms with Crippen molar-refractivity contribution in [3.63, 3.8) is 0 Å². The fraction of sp³-hybridized carbons (Fsp3) is 0.296. The number of benzene rings is 2. The quantitative estimate of drug-likeness (QED) is 0.307. The van der Waals surface area contributed by atoms with Gasteiger partial charge in [-0.25, -0.2) is 18.6 Å². The van der Waals surface area contributed by atoms with Gasteiger partial charge < -0.3 is 28.7 Å². The van der Waals surface area contributed by atoms with E-state index >= 15 is 0 Å². The van der Waals surface area contributed by atoms with Gasteiger partial charge in [0, 0.05) is 24.4 Å². The van der Waals surface area contributed by atoms with Gasteiger partial charge in [-0.15, -0.1) is 0 Å². The number of esters is 1. The van der Waals surface area contributed by atoms with Crippen molar-refractivity contribution in [1.82, 2.24) is 14.5 Å². The zero-order valence-electron chi connectivity index (χ0n) is 21.9. The first-order valence-electron chi connectivity index (χ1n) is 12.0. The van der Waals surface area contributed by atoms with Gasteiger partial charge in [0.15, 0.2) is 5.76 Å². The topological polar surface area (TPSA) is 108 Å². The average molecular weight is 543 g/mol. The molecule has 0 fully saturated rings. The third-order valence-electron chi connectivity index (χ3n) is 5.95. The summed E-state index contributed by atoms with van der Waals surface area (Å²) in [5, 5.41) is 13.9. The molecule has 2 heterocycles. The van der Waals surface area contributed by atoms with Crippen LogP contribution in [0.1, 0.15) is 23.7 Å². The van der Waals surface area contributed by atoms with Crippen LogP contribution in [0.2, 0.25) is 0 Å². The first-order chi connectivity index (χ1) is 18.8. The number of nitrogens with zero attached hydrogens (tertiary/aromatic N) is 4. The number of ether oxygens (including phenoxy) is 3. The second-order valence-corrected chi connectivity index (χ2v) is 8.47. The summed E-state index contributed by atoms with van der Waals surface area (Å²) in [5.74, 6) is -2.15. The predicted molar refractivity (Wildman–Crippen MR) is 137 cm³/mol. The Kier molecular flexibility index (Phi) is 8.15. The first kappa shape index (κ1) is 27.6. The summed E-state index contributed by atoms with van der Waals surface area (Å²) in [6.45, 7) is 3.18. The third kappa shape index (κ3) is 5.28. The standard InChI is InChI=1S/C27H28F2N4O6/c1-5-38-24(11-18-6-7-22(23(10-18)36-3)32-15-17(2)30-16-32)25-31-39-27(26(35)37-4,33(25)8-9-34)19-12-20(28)14-21(29)13-19/h6-7,10-16,34H,5,8-9H2,1-4H3/b24-11-. The number of aliphatic hydroxyl groups is 1. The lowest BCUT2D eigenvalue weighted by molar-refractivity contribution is -0.187. The minimum absolute atomic E-state index is 0.00856. The number of oxime groups is 1. The van der Waals surface area contributed by atoms with E-state index in [2.05, 4.69) is 10.1 Å². The number of rotatable bonds is 10. The first-order valence-corrected chi connectivity index (χ1v) is 12.0. The Bertz CT molecular complexity index is 1400. The third-order valence-corrected chi connectivity index (χ3v) is 5.95. The van der Waals surface area contributed by atoms with Crippen LogP contribution in [0.5, 0.6) is 5.75 Å². The molecule has 39 heavy (non-hydrogen) atoms. The highest BCUT2D eigenvalue weighted by Gasteiger charge is 2.56. The number of hydrogen-bond donors (Lipinski definition) is 1. The molecule has 12 heteroatoms. The number of aliphatic hydroxyl groups excluding tert-OH is 1. The van der Waals surface area contributed by atoms with E-state index in [9.17, 15) is 18.7 Å². The van der Waals surface area contributed by atoms with Crippen LogP contribution < -0.4 is 4.74 Å². The van der Waals surface area contributed by atoms with Crippen molar-refractivity contribution < 1.29 is 37.7 Å². The van der Waals surface area contributed by atoms with Gasteiger partial charge in [0.1, 0.15) is 17.4 Å². The Morgan fingerprint density at radius 1 is 1.18 bits per heavy atom. The number of aromatic nitrogens is 2. The van der Waals surface area contributed by atoms with Gasteiger partial charge in [0.05, 0.1) is 45.1 Å². The van der Waals surface area contributed by atoms with Crippen LogP contribution >= 0.6 is 0 Å². The lowest BCUT2D eigenvalue weighted by Gasteiger charge is -2.34. The summed E-state index contributed by atoms with van der Waals surface area (Å²) >= 11 is 0. The molecule has 10 nitrogen and oxygen atoms in total. The number of amidine groups is 1. The van der Waals surface area contributed by atoms with Crippen LogP contribution in [0.4, 0.5) is 8.78 Å². The molecule has 0 saturated heterocycles. The average Bonchev–Trinajstić information content (AvgIpc) is 3.52. The van der Waals surface area contributed by atoms with Gasteiger partial charge in [-0.3, -0.25) is 4.90 Å². The molecule has 1 unspecified atom stereocenters. The molecule has 1 aliphatic heterocycles. The largest absolute Gasteiger partial charge is 0.495 e. The SMILES string of the molecule is CCO/C(=C\c1ccc(-n2cnc(C)c2)c(OC)c1)C1=NOC(C(=O)OC)(c2cc(F)cc(F)c2)N1CCO. The van der Waals surface area contributed by atoms with E-state index in [4.69, 9.17) is 19.0 Å². The minimum Gasteiger partial charge on any atom is -0.495 e. The maximum Gasteiger partial charge on any atom is 0.380 e. The number of hydrogen-bond acceptors (Lipinski definition) is 9. The van der Waals surface area contributed by atoms with Crippen LogP contribution in [0, 0.1) is 18.6 Å². The maximum absolute atomic E-state index is 14.2. The molecule has 206 valence electrons. The molecule has 0 amide bonds. The lowest BCUT2D eigenvalue weighted by Crippen LogP contribution is -2.54. The molecule has 2 aromatic carbocycles. The Morgan fingerprint density at radius 3 is 2.51 bits per heavy atom. The molecule has 0 bridgehead atoms. The van der Waals surface area contributed by atoms with Crippen LogP contribution in [0.3, 0.4) is 0 Å². The molecule has 1 atom stereocenters. The Morgan fingerprint density at radius 2 is 1.92 bits per heavy atom. The van der Waals surface area contributed by atoms with E-state index in [1.807, 2.05) is 29.8 Å². The molecule has 0 radical (unpaired) electrons. The van der Waals surface area contributed by atoms with Gasteiger partial charge in [-0.2, -0.15) is 0 Å². The molecule has 3 aromatic rings. The van der Waals surface area contributed by atoms with Crippen molar-refractivity contribution >= 4 is 17.9 Å². The minimum atomic E-state index is -2.22. The molecule has 4 rings (SSSR count). The monoisotopic (exact) mass is 542 g/mol. The normalized spacial score (nSPS) is 17.1. The van der Waals surface area contributed by atoms with E-state index in [0.717, 1.165) is 30.6 Å². The predicted octanol–water partition coefficient (Wildman–Crippen LogP) is 3.51. The van der Waals surface area contributed by atoms with Crippen LogP contribution in [0.15, 0.2) is 59.8 Å². The molecule has 0 saturated carbocycles. The summed E-state index contributed by atoms with van der Waals surface area (Å²) in [5.41, 5.74) is -0.177. The van der Waals surface area contributed by atoms with E-state index in [0.29, 0.717) is 17.4 Å². The van der Waals surface area contributed by atoms with Gasteiger partial charge in [0.25, 0.3) is 0 Å². The van der Waals surface area contributed by atoms with Crippen molar-refractivity contribution in [2.45, 2.75) is 19.6 Å². The summed E-state index contributed by atoms with van der Waals surface area (Å²) in [6, 6.07) is 7.96. The summed E-state index contributed by atoms with van der Waals surface area (Å²) in [4.78, 5) is 24.2. The highest BCUT2D eigenvalue weighted by molar-refractivity contribution is 6.04. The van der Waals surface area contributed by atoms with Crippen molar-refractivity contribution in [1.29, 1.82) is 0 Å². The number of carbonyl (C=O) groups is 1. The highest BCUT2D eigenvalue weighted by Crippen LogP contribution is 2.39. The zero-order chi connectivity index (χ0) is 28.2. The van der Waals surface area contributed by atoms with E-state index in [1.54, 1.807) is 32.5 Å². The van der Waals surface area contributed by atoms with Crippen molar-refractivity contribution in [3.05, 3.63) is 83.1 Å². The molecule has 1 aromatic heterocycles. The molecule has 0 aliphatic carbocycles. The van der Waals surface area contributed by atoms with Crippen LogP contribution in [0.25, 0.3) is 11.8 Å². The van der Waals surface area contributed by atoms with Gasteiger partial charge in [-0.05, 0) is 49.8 Å². The molecular formula is C27H28F2N4O6. The zero-order valence-corrected chi connectivity index (χ0v) is 21.9. The molecule has 0 spiro atoms. The number of methoxy groups -OCH3 is 2. The number of carbonyl (C=O) groups excluding carboxylic acids is 1. The van der Waals surface area contributed by atoms with Gasteiger partial charge in [0.2, 0.25) is 5.84 Å². The van der Waals surface area contributed by atoms with Gasteiger partial charge >= 0.3 is 11.7 Å². The molecule has 1 N–H and O–H groups in total. The Hall–Kier alpha value is -4.45. The maximum atomic E-state index is 14.2. The van der Waals surface area contributed by atoms with E-state index in [-0.39, 0.29) is 30.3 Å². The second kappa shape index (κ2) is 11.5. The summed E-state index contributed by atoms with van der Waals surface area (Å²) < 4.78 is 46.7. The van der Waals surface area contributed by atoms with Gasteiger partial charge in [-0.1, -0.05) is 11.2 Å². The lowest BCUT2D eigenvalue weighted by atomic mass is 9.99. The molecule has 1 aliphatic rings. The number of halogens is 2. The molecular weight excluding hydrogens is 514 g/mol. The van der Waals surface area contributed by atoms with Crippen LogP contribution in [-0.4, -0.2) is 65.3 Å². The van der Waals surface area contributed by atoms with E-state index in [1.165, 1.54) is 4.90 Å². The fourth-order valence-corrected chi connectivity index (χ4v) is 4.29. The highest BCUT2D eigenvalue weighted by atomic mass is 19.1. The smallest absolute Gasteiger partial charge is 0.380 e. The number of imidazole rings is 1. The Labute approximate surface area is 223 Å². The van der Waals surface area contributed by atoms with Crippen molar-refractivity contribution in [3.8, 4) is 11.4 Å². The number of β-amino-alcohol motifs (C(OH)–C–C–N with tert-alkyl or cyclic N) is 1. The number of aryl methyl sites for hydroxylation is 1. The Balaban J connectivity index is 1.80. The fourth-order valence-electron chi connectivity index (χ4n) is 4.29.